The van der Waals surface area contributed by atoms with Crippen LogP contribution in [0.4, 0.5) is 11.4 Å². The summed E-state index contributed by atoms with van der Waals surface area (Å²) in [5.41, 5.74) is 8.00. The van der Waals surface area contributed by atoms with Crippen molar-refractivity contribution in [2.24, 2.45) is 5.41 Å². The lowest BCUT2D eigenvalue weighted by atomic mass is 9.89. The van der Waals surface area contributed by atoms with Crippen LogP contribution in [0.2, 0.25) is 0 Å². The summed E-state index contributed by atoms with van der Waals surface area (Å²) in [6, 6.07) is 5.35. The highest BCUT2D eigenvalue weighted by atomic mass is 16.5. The lowest BCUT2D eigenvalue weighted by Gasteiger charge is -2.25. The van der Waals surface area contributed by atoms with Crippen molar-refractivity contribution in [1.82, 2.24) is 0 Å². The predicted octanol–water partition coefficient (Wildman–Crippen LogP) is 3.44. The number of esters is 1. The Morgan fingerprint density at radius 2 is 2.10 bits per heavy atom. The van der Waals surface area contributed by atoms with Gasteiger partial charge in [-0.3, -0.25) is 0 Å². The van der Waals surface area contributed by atoms with Crippen LogP contribution in [0.5, 0.6) is 0 Å². The van der Waals surface area contributed by atoms with Gasteiger partial charge in [-0.25, -0.2) is 4.79 Å². The highest BCUT2D eigenvalue weighted by Crippen LogP contribution is 2.37. The van der Waals surface area contributed by atoms with E-state index in [2.05, 4.69) is 12.2 Å². The number of benzene rings is 1. The normalized spacial score (nSPS) is 16.9. The molecule has 0 atom stereocenters. The summed E-state index contributed by atoms with van der Waals surface area (Å²) >= 11 is 0. The van der Waals surface area contributed by atoms with E-state index < -0.39 is 0 Å². The molecule has 0 aliphatic heterocycles. The number of anilines is 2. The molecule has 1 aromatic rings. The third kappa shape index (κ3) is 3.44. The minimum Gasteiger partial charge on any atom is -0.462 e. The van der Waals surface area contributed by atoms with E-state index in [1.54, 1.807) is 13.0 Å². The third-order valence-electron chi connectivity index (χ3n) is 4.06. The molecule has 3 N–H and O–H groups in total. The fraction of sp³-hybridized carbons (Fsp3) is 0.562. The van der Waals surface area contributed by atoms with Gasteiger partial charge in [-0.2, -0.15) is 0 Å². The van der Waals surface area contributed by atoms with Crippen LogP contribution in [0.15, 0.2) is 18.2 Å². The van der Waals surface area contributed by atoms with Crippen molar-refractivity contribution in [3.63, 3.8) is 0 Å². The first-order valence-electron chi connectivity index (χ1n) is 7.34. The van der Waals surface area contributed by atoms with Crippen LogP contribution in [0.25, 0.3) is 0 Å². The average Bonchev–Trinajstić information content (AvgIpc) is 2.85. The molecular formula is C16H24N2O2. The minimum absolute atomic E-state index is 0.320. The van der Waals surface area contributed by atoms with Crippen LogP contribution in [0.3, 0.4) is 0 Å². The van der Waals surface area contributed by atoms with Crippen molar-refractivity contribution in [1.29, 1.82) is 0 Å². The largest absolute Gasteiger partial charge is 0.462 e. The molecule has 1 aromatic carbocycles. The highest BCUT2D eigenvalue weighted by Gasteiger charge is 2.28. The van der Waals surface area contributed by atoms with Crippen LogP contribution in [0, 0.1) is 5.41 Å². The maximum Gasteiger partial charge on any atom is 0.340 e. The Bertz CT molecular complexity index is 479. The fourth-order valence-corrected chi connectivity index (χ4v) is 2.81. The molecule has 0 bridgehead atoms. The van der Waals surface area contributed by atoms with Crippen molar-refractivity contribution in [2.75, 3.05) is 24.2 Å². The molecule has 110 valence electrons. The first kappa shape index (κ1) is 14.7. The molecule has 0 heterocycles. The molecule has 4 nitrogen and oxygen atoms in total. The van der Waals surface area contributed by atoms with Gasteiger partial charge in [-0.15, -0.1) is 0 Å². The smallest absolute Gasteiger partial charge is 0.340 e. The second-order valence-electron chi connectivity index (χ2n) is 5.90. The van der Waals surface area contributed by atoms with Gasteiger partial charge in [0.1, 0.15) is 0 Å². The van der Waals surface area contributed by atoms with Gasteiger partial charge < -0.3 is 15.8 Å². The molecule has 1 aliphatic carbocycles. The third-order valence-corrected chi connectivity index (χ3v) is 4.06. The number of hydrogen-bond donors (Lipinski definition) is 2. The van der Waals surface area contributed by atoms with E-state index in [-0.39, 0.29) is 5.97 Å². The van der Waals surface area contributed by atoms with Crippen molar-refractivity contribution < 1.29 is 9.53 Å². The number of ether oxygens (including phenoxy) is 1. The maximum atomic E-state index is 12.0. The lowest BCUT2D eigenvalue weighted by Crippen LogP contribution is -2.24. The van der Waals surface area contributed by atoms with Crippen molar-refractivity contribution in [2.45, 2.75) is 39.5 Å². The molecule has 20 heavy (non-hydrogen) atoms. The molecule has 0 radical (unpaired) electrons. The van der Waals surface area contributed by atoms with Gasteiger partial charge in [0.2, 0.25) is 0 Å². The summed E-state index contributed by atoms with van der Waals surface area (Å²) in [5, 5.41) is 3.41. The molecule has 0 amide bonds. The van der Waals surface area contributed by atoms with Gasteiger partial charge in [0.15, 0.2) is 0 Å². The van der Waals surface area contributed by atoms with Crippen LogP contribution in [-0.2, 0) is 4.74 Å². The number of carbonyl (C=O) groups excluding carboxylic acids is 1. The first-order chi connectivity index (χ1) is 9.54. The second kappa shape index (κ2) is 6.16. The van der Waals surface area contributed by atoms with E-state index in [4.69, 9.17) is 10.5 Å². The monoisotopic (exact) mass is 276 g/mol. The van der Waals surface area contributed by atoms with Crippen molar-refractivity contribution in [3.8, 4) is 0 Å². The summed E-state index contributed by atoms with van der Waals surface area (Å²) in [4.78, 5) is 12.0. The molecule has 1 aliphatic rings. The van der Waals surface area contributed by atoms with Crippen LogP contribution in [0.1, 0.15) is 49.9 Å². The molecule has 4 heteroatoms. The Kier molecular flexibility index (Phi) is 4.53. The first-order valence-corrected chi connectivity index (χ1v) is 7.34. The minimum atomic E-state index is -0.320. The standard InChI is InChI=1S/C16H24N2O2/c1-3-20-15(19)13-10-12(17)6-7-14(13)18-11-16(2)8-4-5-9-16/h6-7,10,18H,3-5,8-9,11,17H2,1-2H3. The Morgan fingerprint density at radius 3 is 2.75 bits per heavy atom. The van der Waals surface area contributed by atoms with Gasteiger partial charge in [-0.1, -0.05) is 19.8 Å². The van der Waals surface area contributed by atoms with Gasteiger partial charge in [-0.05, 0) is 43.4 Å². The molecule has 0 unspecified atom stereocenters. The summed E-state index contributed by atoms with van der Waals surface area (Å²) < 4.78 is 5.09. The zero-order valence-corrected chi connectivity index (χ0v) is 12.4. The summed E-state index contributed by atoms with van der Waals surface area (Å²) in [5.74, 6) is -0.320. The van der Waals surface area contributed by atoms with E-state index >= 15 is 0 Å². The highest BCUT2D eigenvalue weighted by molar-refractivity contribution is 5.96. The topological polar surface area (TPSA) is 64.3 Å². The lowest BCUT2D eigenvalue weighted by molar-refractivity contribution is 0.0527. The van der Waals surface area contributed by atoms with Gasteiger partial charge in [0.05, 0.1) is 12.2 Å². The van der Waals surface area contributed by atoms with E-state index in [1.165, 1.54) is 25.7 Å². The molecule has 0 aromatic heterocycles. The second-order valence-corrected chi connectivity index (χ2v) is 5.90. The Labute approximate surface area is 120 Å². The summed E-state index contributed by atoms with van der Waals surface area (Å²) in [6.07, 6.45) is 5.07. The zero-order chi connectivity index (χ0) is 14.6. The average molecular weight is 276 g/mol. The molecule has 1 fully saturated rings. The number of rotatable bonds is 5. The SMILES string of the molecule is CCOC(=O)c1cc(N)ccc1NCC1(C)CCCC1. The van der Waals surface area contributed by atoms with Gasteiger partial charge in [0.25, 0.3) is 0 Å². The van der Waals surface area contributed by atoms with Crippen LogP contribution < -0.4 is 11.1 Å². The van der Waals surface area contributed by atoms with E-state index in [0.29, 0.717) is 23.3 Å². The summed E-state index contributed by atoms with van der Waals surface area (Å²) in [6.45, 7) is 5.35. The molecular weight excluding hydrogens is 252 g/mol. The number of hydrogen-bond acceptors (Lipinski definition) is 4. The zero-order valence-electron chi connectivity index (χ0n) is 12.4. The molecule has 0 saturated heterocycles. The van der Waals surface area contributed by atoms with Gasteiger partial charge in [0, 0.05) is 17.9 Å². The summed E-state index contributed by atoms with van der Waals surface area (Å²) in [7, 11) is 0. The van der Waals surface area contributed by atoms with Gasteiger partial charge >= 0.3 is 5.97 Å². The number of nitrogens with two attached hydrogens (primary N) is 1. The van der Waals surface area contributed by atoms with E-state index in [0.717, 1.165) is 12.2 Å². The predicted molar refractivity (Wildman–Crippen MR) is 81.9 cm³/mol. The van der Waals surface area contributed by atoms with Crippen molar-refractivity contribution >= 4 is 17.3 Å². The molecule has 0 spiro atoms. The maximum absolute atomic E-state index is 12.0. The van der Waals surface area contributed by atoms with E-state index in [9.17, 15) is 4.79 Å². The number of nitrogens with one attached hydrogen (secondary N) is 1. The van der Waals surface area contributed by atoms with E-state index in [1.807, 2.05) is 12.1 Å². The molecule has 1 saturated carbocycles. The Morgan fingerprint density at radius 1 is 1.40 bits per heavy atom. The van der Waals surface area contributed by atoms with Crippen LogP contribution in [-0.4, -0.2) is 19.1 Å². The Hall–Kier alpha value is -1.71. The quantitative estimate of drug-likeness (QED) is 0.638. The van der Waals surface area contributed by atoms with Crippen LogP contribution >= 0.6 is 0 Å². The Balaban J connectivity index is 2.12. The van der Waals surface area contributed by atoms with Crippen molar-refractivity contribution in [3.05, 3.63) is 23.8 Å². The molecule has 2 rings (SSSR count). The fourth-order valence-electron chi connectivity index (χ4n) is 2.81. The number of carbonyl (C=O) groups is 1. The number of nitrogen functional groups attached to an aromatic ring is 1.